The van der Waals surface area contributed by atoms with Gasteiger partial charge in [-0.05, 0) is 19.1 Å². The molecule has 0 aromatic carbocycles. The first-order valence-corrected chi connectivity index (χ1v) is 11.2. The molecule has 0 aliphatic carbocycles. The number of piperidine rings is 1. The second-order valence-corrected chi connectivity index (χ2v) is 8.87. The van der Waals surface area contributed by atoms with Crippen LogP contribution >= 0.6 is 0 Å². The minimum absolute atomic E-state index is 0.108. The van der Waals surface area contributed by atoms with Crippen LogP contribution in [-0.2, 0) is 10.9 Å². The molecule has 0 radical (unpaired) electrons. The Hall–Kier alpha value is -3.06. The van der Waals surface area contributed by atoms with Crippen LogP contribution in [0, 0.1) is 0 Å². The van der Waals surface area contributed by atoms with Gasteiger partial charge in [0.15, 0.2) is 0 Å². The SMILES string of the molecule is C[C@H]1COCCN1c1ccc2c(-c3nc(N[C@@H]4CNCC(F)(F)C4)ncc3C(F)(F)F)c[nH]c2n1. The molecule has 5 heterocycles. The van der Waals surface area contributed by atoms with E-state index in [0.717, 1.165) is 0 Å². The number of H-pyrrole nitrogens is 1. The lowest BCUT2D eigenvalue weighted by atomic mass is 10.0. The maximum absolute atomic E-state index is 13.8. The van der Waals surface area contributed by atoms with Gasteiger partial charge < -0.3 is 25.3 Å². The third-order valence-electron chi connectivity index (χ3n) is 6.19. The van der Waals surface area contributed by atoms with Crippen LogP contribution in [-0.4, -0.2) is 70.8 Å². The smallest absolute Gasteiger partial charge is 0.377 e. The minimum Gasteiger partial charge on any atom is -0.377 e. The van der Waals surface area contributed by atoms with Gasteiger partial charge in [-0.2, -0.15) is 13.2 Å². The first-order valence-electron chi connectivity index (χ1n) is 11.2. The first kappa shape index (κ1) is 23.7. The van der Waals surface area contributed by atoms with Crippen molar-refractivity contribution in [2.45, 2.75) is 37.5 Å². The Kier molecular flexibility index (Phi) is 5.99. The molecule has 2 atom stereocenters. The number of rotatable bonds is 4. The molecule has 3 aromatic heterocycles. The van der Waals surface area contributed by atoms with Gasteiger partial charge in [0.25, 0.3) is 5.92 Å². The number of hydrogen-bond donors (Lipinski definition) is 3. The van der Waals surface area contributed by atoms with Crippen LogP contribution in [0.2, 0.25) is 0 Å². The quantitative estimate of drug-likeness (QED) is 0.474. The molecule has 5 rings (SSSR count). The summed E-state index contributed by atoms with van der Waals surface area (Å²) >= 11 is 0. The molecule has 0 unspecified atom stereocenters. The summed E-state index contributed by atoms with van der Waals surface area (Å²) < 4.78 is 74.4. The second kappa shape index (κ2) is 8.86. The van der Waals surface area contributed by atoms with Crippen molar-refractivity contribution in [1.29, 1.82) is 0 Å². The third-order valence-corrected chi connectivity index (χ3v) is 6.19. The average Bonchev–Trinajstić information content (AvgIpc) is 3.21. The Morgan fingerprint density at radius 2 is 2.06 bits per heavy atom. The molecule has 188 valence electrons. The Bertz CT molecular complexity index is 1210. The fourth-order valence-corrected chi connectivity index (χ4v) is 4.50. The van der Waals surface area contributed by atoms with Crippen molar-refractivity contribution in [3.8, 4) is 11.3 Å². The zero-order valence-corrected chi connectivity index (χ0v) is 18.8. The standard InChI is InChI=1S/C22H24F5N7O/c1-12-10-35-5-4-34(12)17-3-2-14-15(8-29-19(14)32-17)18-16(22(25,26)27)9-30-20(33-18)31-13-6-21(23,24)11-28-7-13/h2-3,8-9,12-13,28H,4-7,10-11H2,1H3,(H,29,32)(H,30,31,33)/t12-,13-/m0/s1. The molecule has 0 saturated carbocycles. The number of morpholine rings is 1. The highest BCUT2D eigenvalue weighted by Crippen LogP contribution is 2.39. The molecule has 3 aromatic rings. The van der Waals surface area contributed by atoms with Crippen molar-refractivity contribution in [3.63, 3.8) is 0 Å². The lowest BCUT2D eigenvalue weighted by molar-refractivity contribution is -0.137. The van der Waals surface area contributed by atoms with Crippen molar-refractivity contribution < 1.29 is 26.7 Å². The van der Waals surface area contributed by atoms with Crippen LogP contribution in [0.3, 0.4) is 0 Å². The van der Waals surface area contributed by atoms with Crippen LogP contribution in [0.15, 0.2) is 24.5 Å². The number of fused-ring (bicyclic) bond motifs is 1. The van der Waals surface area contributed by atoms with E-state index < -0.39 is 36.7 Å². The number of alkyl halides is 5. The number of pyridine rings is 1. The van der Waals surface area contributed by atoms with E-state index in [-0.39, 0.29) is 29.8 Å². The average molecular weight is 497 g/mol. The molecule has 0 amide bonds. The van der Waals surface area contributed by atoms with Crippen molar-refractivity contribution in [2.75, 3.05) is 43.1 Å². The van der Waals surface area contributed by atoms with Gasteiger partial charge in [0.05, 0.1) is 31.5 Å². The van der Waals surface area contributed by atoms with Gasteiger partial charge in [0, 0.05) is 48.9 Å². The van der Waals surface area contributed by atoms with E-state index in [1.165, 1.54) is 6.20 Å². The van der Waals surface area contributed by atoms with Crippen LogP contribution in [0.5, 0.6) is 0 Å². The monoisotopic (exact) mass is 497 g/mol. The van der Waals surface area contributed by atoms with Crippen molar-refractivity contribution >= 4 is 22.8 Å². The van der Waals surface area contributed by atoms with Crippen molar-refractivity contribution in [2.24, 2.45) is 0 Å². The predicted molar refractivity (Wildman–Crippen MR) is 120 cm³/mol. The Morgan fingerprint density at radius 1 is 1.23 bits per heavy atom. The molecule has 2 aliphatic heterocycles. The second-order valence-electron chi connectivity index (χ2n) is 8.87. The number of aromatic nitrogens is 4. The summed E-state index contributed by atoms with van der Waals surface area (Å²) in [5.41, 5.74) is -0.777. The van der Waals surface area contributed by atoms with E-state index in [1.54, 1.807) is 12.1 Å². The molecule has 35 heavy (non-hydrogen) atoms. The van der Waals surface area contributed by atoms with E-state index in [4.69, 9.17) is 4.74 Å². The lowest BCUT2D eigenvalue weighted by Crippen LogP contribution is -2.49. The molecule has 2 aliphatic rings. The van der Waals surface area contributed by atoms with E-state index in [9.17, 15) is 22.0 Å². The van der Waals surface area contributed by atoms with E-state index in [1.807, 2.05) is 6.92 Å². The molecule has 2 saturated heterocycles. The molecule has 0 bridgehead atoms. The first-order chi connectivity index (χ1) is 16.6. The van der Waals surface area contributed by atoms with Gasteiger partial charge in [-0.1, -0.05) is 0 Å². The highest BCUT2D eigenvalue weighted by Gasteiger charge is 2.38. The van der Waals surface area contributed by atoms with Crippen LogP contribution < -0.4 is 15.5 Å². The number of anilines is 2. The number of aromatic amines is 1. The summed E-state index contributed by atoms with van der Waals surface area (Å²) in [7, 11) is 0. The highest BCUT2D eigenvalue weighted by molar-refractivity contribution is 5.94. The number of nitrogens with one attached hydrogen (secondary N) is 3. The van der Waals surface area contributed by atoms with Gasteiger partial charge >= 0.3 is 6.18 Å². The number of ether oxygens (including phenoxy) is 1. The van der Waals surface area contributed by atoms with E-state index >= 15 is 0 Å². The Labute approximate surface area is 197 Å². The number of hydrogen-bond acceptors (Lipinski definition) is 7. The zero-order valence-electron chi connectivity index (χ0n) is 18.8. The molecular weight excluding hydrogens is 473 g/mol. The molecule has 0 spiro atoms. The lowest BCUT2D eigenvalue weighted by Gasteiger charge is -2.34. The summed E-state index contributed by atoms with van der Waals surface area (Å²) in [4.78, 5) is 17.5. The summed E-state index contributed by atoms with van der Waals surface area (Å²) in [5.74, 6) is -2.39. The maximum Gasteiger partial charge on any atom is 0.419 e. The number of halogens is 5. The summed E-state index contributed by atoms with van der Waals surface area (Å²) in [5, 5.41) is 5.81. The largest absolute Gasteiger partial charge is 0.419 e. The Morgan fingerprint density at radius 3 is 2.80 bits per heavy atom. The van der Waals surface area contributed by atoms with E-state index in [2.05, 4.69) is 35.5 Å². The van der Waals surface area contributed by atoms with Crippen LogP contribution in [0.4, 0.5) is 33.7 Å². The summed E-state index contributed by atoms with van der Waals surface area (Å²) in [6, 6.07) is 2.83. The van der Waals surface area contributed by atoms with Gasteiger partial charge in [0.1, 0.15) is 17.0 Å². The fraction of sp³-hybridized carbons (Fsp3) is 0.500. The zero-order chi connectivity index (χ0) is 24.8. The van der Waals surface area contributed by atoms with Gasteiger partial charge in [-0.25, -0.2) is 23.7 Å². The maximum atomic E-state index is 13.8. The van der Waals surface area contributed by atoms with Crippen molar-refractivity contribution in [1.82, 2.24) is 25.3 Å². The van der Waals surface area contributed by atoms with Gasteiger partial charge in [-0.3, -0.25) is 0 Å². The fourth-order valence-electron chi connectivity index (χ4n) is 4.50. The molecule has 3 N–H and O–H groups in total. The molecular formula is C22H24F5N7O. The number of nitrogens with zero attached hydrogens (tertiary/aromatic N) is 4. The molecule has 2 fully saturated rings. The van der Waals surface area contributed by atoms with Crippen LogP contribution in [0.1, 0.15) is 18.9 Å². The minimum atomic E-state index is -4.71. The van der Waals surface area contributed by atoms with Gasteiger partial charge in [0.2, 0.25) is 5.95 Å². The highest BCUT2D eigenvalue weighted by atomic mass is 19.4. The Balaban J connectivity index is 1.50. The summed E-state index contributed by atoms with van der Waals surface area (Å²) in [6.45, 7) is 3.56. The van der Waals surface area contributed by atoms with Crippen LogP contribution in [0.25, 0.3) is 22.3 Å². The normalized spacial score (nSPS) is 23.0. The summed E-state index contributed by atoms with van der Waals surface area (Å²) in [6.07, 6.45) is -3.09. The molecule has 8 nitrogen and oxygen atoms in total. The van der Waals surface area contributed by atoms with Crippen molar-refractivity contribution in [3.05, 3.63) is 30.1 Å². The van der Waals surface area contributed by atoms with Gasteiger partial charge in [-0.15, -0.1) is 0 Å². The topological polar surface area (TPSA) is 91.0 Å². The van der Waals surface area contributed by atoms with E-state index in [0.29, 0.717) is 42.8 Å². The predicted octanol–water partition coefficient (Wildman–Crippen LogP) is 3.67. The molecule has 13 heteroatoms. The third kappa shape index (κ3) is 4.87.